The fourth-order valence-corrected chi connectivity index (χ4v) is 4.91. The summed E-state index contributed by atoms with van der Waals surface area (Å²) in [7, 11) is 0. The molecule has 3 heterocycles. The highest BCUT2D eigenvalue weighted by molar-refractivity contribution is 6.30. The molecule has 5 rings (SSSR count). The first-order valence-electron chi connectivity index (χ1n) is 11.7. The van der Waals surface area contributed by atoms with E-state index >= 15 is 0 Å². The van der Waals surface area contributed by atoms with E-state index in [-0.39, 0.29) is 36.3 Å². The van der Waals surface area contributed by atoms with Crippen molar-refractivity contribution in [3.05, 3.63) is 82.1 Å². The summed E-state index contributed by atoms with van der Waals surface area (Å²) < 4.78 is 21.1. The molecule has 2 aliphatic heterocycles. The topological polar surface area (TPSA) is 76.5 Å². The average molecular weight is 497 g/mol. The number of anilines is 1. The standard InChI is InChI=1S/C26H26ClFN4O3/c1-16-12-19(27)4-7-21(16)30-25(33)18-8-10-31(11-9-18)26(34)24-22-14-35-23(13-32(22)15-29-24)17-2-5-20(28)6-3-17/h2-7,12,15,18,23H,8-11,13-14H2,1H3,(H,30,33)/t23-/m1/s1. The van der Waals surface area contributed by atoms with Gasteiger partial charge >= 0.3 is 0 Å². The molecule has 0 spiro atoms. The number of carbonyl (C=O) groups is 2. The molecule has 182 valence electrons. The Balaban J connectivity index is 1.19. The highest BCUT2D eigenvalue weighted by Crippen LogP contribution is 2.29. The Bertz CT molecular complexity index is 1250. The SMILES string of the molecule is Cc1cc(Cl)ccc1NC(=O)C1CCN(C(=O)c2ncn3c2CO[C@@H](c2ccc(F)cc2)C3)CC1. The minimum Gasteiger partial charge on any atom is -0.365 e. The van der Waals surface area contributed by atoms with Crippen molar-refractivity contribution in [2.24, 2.45) is 5.92 Å². The molecule has 0 saturated carbocycles. The van der Waals surface area contributed by atoms with Gasteiger partial charge in [-0.3, -0.25) is 9.59 Å². The zero-order valence-corrected chi connectivity index (χ0v) is 20.1. The van der Waals surface area contributed by atoms with Crippen molar-refractivity contribution in [3.63, 3.8) is 0 Å². The van der Waals surface area contributed by atoms with Crippen LogP contribution in [0.5, 0.6) is 0 Å². The summed E-state index contributed by atoms with van der Waals surface area (Å²) in [5.74, 6) is -0.635. The zero-order chi connectivity index (χ0) is 24.5. The van der Waals surface area contributed by atoms with E-state index in [1.165, 1.54) is 12.1 Å². The molecule has 1 aromatic heterocycles. The van der Waals surface area contributed by atoms with Crippen LogP contribution in [0.25, 0.3) is 0 Å². The lowest BCUT2D eigenvalue weighted by molar-refractivity contribution is -0.121. The van der Waals surface area contributed by atoms with Crippen LogP contribution in [0.4, 0.5) is 10.1 Å². The molecule has 0 unspecified atom stereocenters. The van der Waals surface area contributed by atoms with Crippen molar-refractivity contribution in [2.75, 3.05) is 18.4 Å². The third kappa shape index (κ3) is 4.94. The number of aromatic nitrogens is 2. The number of hydrogen-bond donors (Lipinski definition) is 1. The van der Waals surface area contributed by atoms with Gasteiger partial charge < -0.3 is 19.5 Å². The Labute approximate surface area is 207 Å². The summed E-state index contributed by atoms with van der Waals surface area (Å²) in [6.07, 6.45) is 2.61. The number of rotatable bonds is 4. The summed E-state index contributed by atoms with van der Waals surface area (Å²) in [5, 5.41) is 3.62. The number of nitrogens with one attached hydrogen (secondary N) is 1. The lowest BCUT2D eigenvalue weighted by atomic mass is 9.95. The molecule has 1 fully saturated rings. The normalized spacial score (nSPS) is 18.3. The lowest BCUT2D eigenvalue weighted by Gasteiger charge is -2.31. The van der Waals surface area contributed by atoms with E-state index in [0.717, 1.165) is 22.5 Å². The number of nitrogens with zero attached hydrogens (tertiary/aromatic N) is 3. The second-order valence-corrected chi connectivity index (χ2v) is 9.49. The highest BCUT2D eigenvalue weighted by Gasteiger charge is 2.32. The van der Waals surface area contributed by atoms with Gasteiger partial charge in [0.2, 0.25) is 5.91 Å². The van der Waals surface area contributed by atoms with Crippen molar-refractivity contribution in [2.45, 2.75) is 39.0 Å². The summed E-state index contributed by atoms with van der Waals surface area (Å²) in [5.41, 5.74) is 3.68. The third-order valence-corrected chi connectivity index (χ3v) is 7.01. The zero-order valence-electron chi connectivity index (χ0n) is 19.3. The summed E-state index contributed by atoms with van der Waals surface area (Å²) in [6, 6.07) is 11.6. The van der Waals surface area contributed by atoms with Gasteiger partial charge in [0.05, 0.1) is 25.2 Å². The van der Waals surface area contributed by atoms with E-state index in [2.05, 4.69) is 10.3 Å². The van der Waals surface area contributed by atoms with Crippen LogP contribution in [0, 0.1) is 18.7 Å². The molecule has 2 amide bonds. The Morgan fingerprint density at radius 2 is 1.89 bits per heavy atom. The van der Waals surface area contributed by atoms with Gasteiger partial charge in [0, 0.05) is 29.7 Å². The monoisotopic (exact) mass is 496 g/mol. The number of hydrogen-bond acceptors (Lipinski definition) is 4. The largest absolute Gasteiger partial charge is 0.365 e. The first-order valence-corrected chi connectivity index (χ1v) is 12.0. The van der Waals surface area contributed by atoms with Gasteiger partial charge in [-0.25, -0.2) is 9.37 Å². The van der Waals surface area contributed by atoms with Crippen molar-refractivity contribution in [1.29, 1.82) is 0 Å². The van der Waals surface area contributed by atoms with Crippen LogP contribution in [-0.2, 0) is 22.7 Å². The Hall–Kier alpha value is -3.23. The van der Waals surface area contributed by atoms with Crippen molar-refractivity contribution < 1.29 is 18.7 Å². The fraction of sp³-hybridized carbons (Fsp3) is 0.346. The number of benzene rings is 2. The predicted octanol–water partition coefficient (Wildman–Crippen LogP) is 4.75. The third-order valence-electron chi connectivity index (χ3n) is 6.77. The molecule has 1 atom stereocenters. The van der Waals surface area contributed by atoms with E-state index in [4.69, 9.17) is 16.3 Å². The first-order chi connectivity index (χ1) is 16.9. The lowest BCUT2D eigenvalue weighted by Crippen LogP contribution is -2.42. The predicted molar refractivity (Wildman–Crippen MR) is 130 cm³/mol. The summed E-state index contributed by atoms with van der Waals surface area (Å²) in [4.78, 5) is 32.1. The molecule has 3 aromatic rings. The minimum atomic E-state index is -0.290. The van der Waals surface area contributed by atoms with Gasteiger partial charge in [0.15, 0.2) is 5.69 Å². The van der Waals surface area contributed by atoms with Crippen molar-refractivity contribution in [1.82, 2.24) is 14.5 Å². The number of piperidine rings is 1. The molecular formula is C26H26ClFN4O3. The maximum Gasteiger partial charge on any atom is 0.274 e. The minimum absolute atomic E-state index is 0.0397. The van der Waals surface area contributed by atoms with Crippen molar-refractivity contribution >= 4 is 29.1 Å². The van der Waals surface area contributed by atoms with Gasteiger partial charge in [-0.05, 0) is 61.2 Å². The van der Waals surface area contributed by atoms with Gasteiger partial charge in [0.1, 0.15) is 11.9 Å². The quantitative estimate of drug-likeness (QED) is 0.565. The van der Waals surface area contributed by atoms with Gasteiger partial charge in [0.25, 0.3) is 5.91 Å². The van der Waals surface area contributed by atoms with Crippen molar-refractivity contribution in [3.8, 4) is 0 Å². The molecule has 35 heavy (non-hydrogen) atoms. The summed E-state index contributed by atoms with van der Waals surface area (Å²) in [6.45, 7) is 3.64. The van der Waals surface area contributed by atoms with E-state index in [9.17, 15) is 14.0 Å². The Morgan fingerprint density at radius 3 is 2.60 bits per heavy atom. The van der Waals surface area contributed by atoms with Crippen LogP contribution in [0.3, 0.4) is 0 Å². The van der Waals surface area contributed by atoms with E-state index < -0.39 is 0 Å². The number of halogens is 2. The number of likely N-dealkylation sites (tertiary alicyclic amines) is 1. The summed E-state index contributed by atoms with van der Waals surface area (Å²) >= 11 is 6.00. The second-order valence-electron chi connectivity index (χ2n) is 9.06. The van der Waals surface area contributed by atoms with Gasteiger partial charge in [-0.2, -0.15) is 0 Å². The Kier molecular flexibility index (Phi) is 6.58. The van der Waals surface area contributed by atoms with Crippen LogP contribution in [0.2, 0.25) is 5.02 Å². The average Bonchev–Trinajstić information content (AvgIpc) is 3.29. The molecule has 2 aromatic carbocycles. The molecular weight excluding hydrogens is 471 g/mol. The number of amides is 2. The molecule has 1 saturated heterocycles. The molecule has 0 aliphatic carbocycles. The van der Waals surface area contributed by atoms with E-state index in [0.29, 0.717) is 43.2 Å². The molecule has 0 bridgehead atoms. The smallest absolute Gasteiger partial charge is 0.274 e. The first kappa shape index (κ1) is 23.5. The van der Waals surface area contributed by atoms with Crippen LogP contribution >= 0.6 is 11.6 Å². The molecule has 7 nitrogen and oxygen atoms in total. The highest BCUT2D eigenvalue weighted by atomic mass is 35.5. The van der Waals surface area contributed by atoms with E-state index in [1.54, 1.807) is 35.5 Å². The maximum atomic E-state index is 13.2. The molecule has 0 radical (unpaired) electrons. The second kappa shape index (κ2) is 9.79. The number of ether oxygens (including phenoxy) is 1. The fourth-order valence-electron chi connectivity index (χ4n) is 4.68. The number of carbonyl (C=O) groups excluding carboxylic acids is 2. The van der Waals surface area contributed by atoms with E-state index in [1.807, 2.05) is 17.6 Å². The van der Waals surface area contributed by atoms with Crippen LogP contribution in [0.1, 0.15) is 46.3 Å². The van der Waals surface area contributed by atoms with Crippen LogP contribution in [-0.4, -0.2) is 39.4 Å². The Morgan fingerprint density at radius 1 is 1.14 bits per heavy atom. The number of aryl methyl sites for hydroxylation is 1. The molecule has 1 N–H and O–H groups in total. The molecule has 2 aliphatic rings. The van der Waals surface area contributed by atoms with Crippen LogP contribution < -0.4 is 5.32 Å². The van der Waals surface area contributed by atoms with Gasteiger partial charge in [-0.15, -0.1) is 0 Å². The number of fused-ring (bicyclic) bond motifs is 1. The molecule has 9 heteroatoms. The maximum absolute atomic E-state index is 13.2. The van der Waals surface area contributed by atoms with Crippen LogP contribution in [0.15, 0.2) is 48.8 Å². The number of imidazole rings is 1. The van der Waals surface area contributed by atoms with Gasteiger partial charge in [-0.1, -0.05) is 23.7 Å².